The van der Waals surface area contributed by atoms with Gasteiger partial charge in [-0.2, -0.15) is 10.2 Å². The monoisotopic (exact) mass is 330 g/mol. The van der Waals surface area contributed by atoms with Crippen LogP contribution in [0.2, 0.25) is 0 Å². The minimum absolute atomic E-state index is 0.0319. The Bertz CT molecular complexity index is 773. The third kappa shape index (κ3) is 3.70. The van der Waals surface area contributed by atoms with Gasteiger partial charge in [0.1, 0.15) is 5.69 Å². The second-order valence-electron chi connectivity index (χ2n) is 6.11. The van der Waals surface area contributed by atoms with Gasteiger partial charge in [-0.05, 0) is 26.0 Å². The first-order valence-electron chi connectivity index (χ1n) is 8.11. The predicted molar refractivity (Wildman–Crippen MR) is 88.9 cm³/mol. The molecule has 0 spiro atoms. The zero-order valence-electron chi connectivity index (χ0n) is 14.0. The van der Waals surface area contributed by atoms with Gasteiger partial charge in [0.2, 0.25) is 0 Å². The van der Waals surface area contributed by atoms with Crippen LogP contribution in [0.4, 0.5) is 0 Å². The molecule has 0 bridgehead atoms. The van der Waals surface area contributed by atoms with Crippen LogP contribution in [0.3, 0.4) is 0 Å². The third-order valence-corrected chi connectivity index (χ3v) is 4.21. The molecule has 8 nitrogen and oxygen atoms in total. The van der Waals surface area contributed by atoms with Crippen molar-refractivity contribution in [2.45, 2.75) is 20.4 Å². The fourth-order valence-electron chi connectivity index (χ4n) is 2.81. The molecule has 0 aromatic carbocycles. The molecule has 1 saturated heterocycles. The number of nitrogens with zero attached hydrogens (tertiary/aromatic N) is 5. The van der Waals surface area contributed by atoms with Crippen LogP contribution >= 0.6 is 0 Å². The van der Waals surface area contributed by atoms with Crippen molar-refractivity contribution >= 4 is 5.91 Å². The van der Waals surface area contributed by atoms with Gasteiger partial charge < -0.3 is 4.90 Å². The van der Waals surface area contributed by atoms with Crippen molar-refractivity contribution in [3.63, 3.8) is 0 Å². The maximum Gasteiger partial charge on any atom is 0.274 e. The molecule has 0 aliphatic carbocycles. The lowest BCUT2D eigenvalue weighted by molar-refractivity contribution is 0.0625. The molecule has 8 heteroatoms. The zero-order chi connectivity index (χ0) is 17.1. The van der Waals surface area contributed by atoms with Crippen molar-refractivity contribution in [1.29, 1.82) is 0 Å². The molecule has 1 aliphatic rings. The van der Waals surface area contributed by atoms with Gasteiger partial charge in [0.15, 0.2) is 0 Å². The largest absolute Gasteiger partial charge is 0.335 e. The van der Waals surface area contributed by atoms with Crippen molar-refractivity contribution in [1.82, 2.24) is 29.8 Å². The number of hydrogen-bond donors (Lipinski definition) is 1. The van der Waals surface area contributed by atoms with Gasteiger partial charge in [0, 0.05) is 44.5 Å². The molecule has 128 valence electrons. The van der Waals surface area contributed by atoms with Crippen molar-refractivity contribution < 1.29 is 4.79 Å². The summed E-state index contributed by atoms with van der Waals surface area (Å²) in [5.41, 5.74) is 2.10. The molecule has 2 aromatic rings. The molecule has 24 heavy (non-hydrogen) atoms. The Morgan fingerprint density at radius 2 is 1.92 bits per heavy atom. The molecule has 0 radical (unpaired) electrons. The number of aromatic amines is 1. The second kappa shape index (κ2) is 6.96. The highest BCUT2D eigenvalue weighted by Crippen LogP contribution is 2.08. The normalized spacial score (nSPS) is 15.7. The van der Waals surface area contributed by atoms with E-state index in [2.05, 4.69) is 20.2 Å². The maximum absolute atomic E-state index is 12.4. The van der Waals surface area contributed by atoms with Crippen LogP contribution in [0.15, 0.2) is 23.0 Å². The summed E-state index contributed by atoms with van der Waals surface area (Å²) in [6, 6.07) is 5.04. The Labute approximate surface area is 140 Å². The number of piperazine rings is 1. The number of carbonyl (C=O) groups excluding carboxylic acids is 1. The summed E-state index contributed by atoms with van der Waals surface area (Å²) in [5, 5.41) is 11.1. The smallest absolute Gasteiger partial charge is 0.274 e. The van der Waals surface area contributed by atoms with Gasteiger partial charge in [-0.3, -0.25) is 19.6 Å². The van der Waals surface area contributed by atoms with Crippen molar-refractivity contribution in [3.8, 4) is 0 Å². The quantitative estimate of drug-likeness (QED) is 0.855. The number of amides is 1. The fourth-order valence-corrected chi connectivity index (χ4v) is 2.81. The van der Waals surface area contributed by atoms with Crippen LogP contribution < -0.4 is 5.56 Å². The highest BCUT2D eigenvalue weighted by molar-refractivity contribution is 5.92. The summed E-state index contributed by atoms with van der Waals surface area (Å²) in [6.45, 7) is 7.97. The Hall–Kier alpha value is -2.48. The number of rotatable bonds is 4. The first-order valence-corrected chi connectivity index (χ1v) is 8.11. The Morgan fingerprint density at radius 3 is 2.58 bits per heavy atom. The van der Waals surface area contributed by atoms with Crippen LogP contribution in [-0.4, -0.2) is 68.4 Å². The van der Waals surface area contributed by atoms with E-state index >= 15 is 0 Å². The molecule has 1 amide bonds. The van der Waals surface area contributed by atoms with Crippen molar-refractivity contribution in [2.75, 3.05) is 32.7 Å². The second-order valence-corrected chi connectivity index (χ2v) is 6.11. The Morgan fingerprint density at radius 1 is 1.17 bits per heavy atom. The Kier molecular flexibility index (Phi) is 4.75. The predicted octanol–water partition coefficient (Wildman–Crippen LogP) is 0.0412. The van der Waals surface area contributed by atoms with Gasteiger partial charge in [-0.1, -0.05) is 0 Å². The molecule has 1 N–H and O–H groups in total. The summed E-state index contributed by atoms with van der Waals surface area (Å²) in [6.07, 6.45) is 0. The van der Waals surface area contributed by atoms with E-state index in [1.807, 2.05) is 18.7 Å². The van der Waals surface area contributed by atoms with Gasteiger partial charge in [-0.15, -0.1) is 0 Å². The highest BCUT2D eigenvalue weighted by Gasteiger charge is 2.23. The molecule has 2 aromatic heterocycles. The molecule has 1 fully saturated rings. The summed E-state index contributed by atoms with van der Waals surface area (Å²) in [7, 11) is 0. The lowest BCUT2D eigenvalue weighted by Crippen LogP contribution is -2.49. The van der Waals surface area contributed by atoms with Crippen LogP contribution in [0.1, 0.15) is 21.9 Å². The summed E-state index contributed by atoms with van der Waals surface area (Å²) >= 11 is 0. The van der Waals surface area contributed by atoms with E-state index in [4.69, 9.17) is 0 Å². The number of carbonyl (C=O) groups is 1. The van der Waals surface area contributed by atoms with E-state index in [-0.39, 0.29) is 11.5 Å². The molecule has 1 aliphatic heterocycles. The molecular weight excluding hydrogens is 308 g/mol. The maximum atomic E-state index is 12.4. The minimum Gasteiger partial charge on any atom is -0.335 e. The SMILES string of the molecule is Cc1ccc(=O)n(CCN2CCN(C(=O)c3cc(C)[nH]n3)CC2)n1. The van der Waals surface area contributed by atoms with Crippen LogP contribution in [0, 0.1) is 13.8 Å². The minimum atomic E-state index is -0.0803. The van der Waals surface area contributed by atoms with Crippen LogP contribution in [0.5, 0.6) is 0 Å². The van der Waals surface area contributed by atoms with Crippen molar-refractivity contribution in [2.24, 2.45) is 0 Å². The lowest BCUT2D eigenvalue weighted by Gasteiger charge is -2.34. The van der Waals surface area contributed by atoms with E-state index in [0.29, 0.717) is 25.3 Å². The number of hydrogen-bond acceptors (Lipinski definition) is 5. The third-order valence-electron chi connectivity index (χ3n) is 4.21. The fraction of sp³-hybridized carbons (Fsp3) is 0.500. The zero-order valence-corrected chi connectivity index (χ0v) is 14.0. The van der Waals surface area contributed by atoms with E-state index < -0.39 is 0 Å². The molecule has 3 rings (SSSR count). The number of H-pyrrole nitrogens is 1. The topological polar surface area (TPSA) is 87.1 Å². The molecule has 3 heterocycles. The summed E-state index contributed by atoms with van der Waals surface area (Å²) in [5.74, 6) is -0.0319. The van der Waals surface area contributed by atoms with Gasteiger partial charge in [-0.25, -0.2) is 4.68 Å². The first kappa shape index (κ1) is 16.4. The number of aryl methyl sites for hydroxylation is 2. The highest BCUT2D eigenvalue weighted by atomic mass is 16.2. The van der Waals surface area contributed by atoms with E-state index in [1.165, 1.54) is 4.68 Å². The van der Waals surface area contributed by atoms with E-state index in [1.54, 1.807) is 18.2 Å². The van der Waals surface area contributed by atoms with Crippen LogP contribution in [0.25, 0.3) is 0 Å². The summed E-state index contributed by atoms with van der Waals surface area (Å²) in [4.78, 5) is 28.2. The van der Waals surface area contributed by atoms with E-state index in [9.17, 15) is 9.59 Å². The standard InChI is InChI=1S/C16H22N6O2/c1-12-3-4-15(23)22(19-12)10-7-20-5-8-21(9-6-20)16(24)14-11-13(2)17-18-14/h3-4,11H,5-10H2,1-2H3,(H,17,18). The molecular formula is C16H22N6O2. The number of aromatic nitrogens is 4. The Balaban J connectivity index is 1.51. The molecule has 0 unspecified atom stereocenters. The van der Waals surface area contributed by atoms with Crippen molar-refractivity contribution in [3.05, 3.63) is 45.6 Å². The van der Waals surface area contributed by atoms with Gasteiger partial charge in [0.05, 0.1) is 12.2 Å². The first-order chi connectivity index (χ1) is 11.5. The molecule has 0 saturated carbocycles. The molecule has 0 atom stereocenters. The van der Waals surface area contributed by atoms with Gasteiger partial charge in [0.25, 0.3) is 11.5 Å². The summed E-state index contributed by atoms with van der Waals surface area (Å²) < 4.78 is 1.50. The average Bonchev–Trinajstić information content (AvgIpc) is 3.02. The number of nitrogens with one attached hydrogen (secondary N) is 1. The van der Waals surface area contributed by atoms with Crippen LogP contribution in [-0.2, 0) is 6.54 Å². The van der Waals surface area contributed by atoms with E-state index in [0.717, 1.165) is 31.0 Å². The lowest BCUT2D eigenvalue weighted by atomic mass is 10.2. The average molecular weight is 330 g/mol. The van der Waals surface area contributed by atoms with Gasteiger partial charge >= 0.3 is 0 Å².